The van der Waals surface area contributed by atoms with Crippen LogP contribution in [0.15, 0.2) is 58.6 Å². The van der Waals surface area contributed by atoms with E-state index < -0.39 is 0 Å². The molecule has 2 N–H and O–H groups in total. The molecule has 0 radical (unpaired) electrons. The van der Waals surface area contributed by atoms with Crippen LogP contribution in [0.3, 0.4) is 0 Å². The van der Waals surface area contributed by atoms with Crippen molar-refractivity contribution in [2.24, 2.45) is 15.9 Å². The SMILES string of the molecule is CC(C)N=C1C(=NN)c2ccccc2N(C(C)C)Cc2ccccc21. The molecule has 3 rings (SSSR count). The van der Waals surface area contributed by atoms with Gasteiger partial charge < -0.3 is 10.7 Å². The van der Waals surface area contributed by atoms with Gasteiger partial charge in [0.25, 0.3) is 0 Å². The Morgan fingerprint density at radius 3 is 2.16 bits per heavy atom. The summed E-state index contributed by atoms with van der Waals surface area (Å²) in [7, 11) is 0. The van der Waals surface area contributed by atoms with Crippen molar-refractivity contribution in [2.45, 2.75) is 46.3 Å². The summed E-state index contributed by atoms with van der Waals surface area (Å²) in [5, 5.41) is 4.18. The minimum absolute atomic E-state index is 0.160. The van der Waals surface area contributed by atoms with Crippen molar-refractivity contribution in [3.05, 3.63) is 65.2 Å². The van der Waals surface area contributed by atoms with E-state index in [1.807, 2.05) is 6.07 Å². The number of nitrogens with two attached hydrogens (primary N) is 1. The number of aliphatic imine (C=N–C) groups is 1. The second-order valence-electron chi connectivity index (χ2n) is 6.95. The summed E-state index contributed by atoms with van der Waals surface area (Å²) in [5.74, 6) is 5.87. The fraction of sp³-hybridized carbons (Fsp3) is 0.333. The second kappa shape index (κ2) is 7.09. The zero-order valence-electron chi connectivity index (χ0n) is 15.4. The molecule has 2 aromatic rings. The third-order valence-electron chi connectivity index (χ3n) is 4.45. The van der Waals surface area contributed by atoms with Gasteiger partial charge in [-0.15, -0.1) is 0 Å². The van der Waals surface area contributed by atoms with E-state index in [1.54, 1.807) is 0 Å². The van der Waals surface area contributed by atoms with Gasteiger partial charge in [-0.05, 0) is 39.3 Å². The highest BCUT2D eigenvalue weighted by Crippen LogP contribution is 2.30. The Bertz CT molecular complexity index is 818. The van der Waals surface area contributed by atoms with Crippen molar-refractivity contribution in [3.63, 3.8) is 0 Å². The number of nitrogens with zero attached hydrogens (tertiary/aromatic N) is 3. The molecule has 4 heteroatoms. The summed E-state index contributed by atoms with van der Waals surface area (Å²) in [4.78, 5) is 7.28. The highest BCUT2D eigenvalue weighted by atomic mass is 15.2. The van der Waals surface area contributed by atoms with E-state index in [4.69, 9.17) is 10.8 Å². The molecule has 2 aromatic carbocycles. The van der Waals surface area contributed by atoms with E-state index in [9.17, 15) is 0 Å². The lowest BCUT2D eigenvalue weighted by Crippen LogP contribution is -2.36. The Hall–Kier alpha value is -2.62. The van der Waals surface area contributed by atoms with E-state index in [0.29, 0.717) is 6.04 Å². The molecule has 130 valence electrons. The smallest absolute Gasteiger partial charge is 0.118 e. The van der Waals surface area contributed by atoms with Gasteiger partial charge in [0.05, 0.1) is 5.71 Å². The molecular weight excluding hydrogens is 308 g/mol. The molecule has 4 nitrogen and oxygen atoms in total. The molecule has 0 fully saturated rings. The summed E-state index contributed by atoms with van der Waals surface area (Å²) in [6, 6.07) is 17.3. The third-order valence-corrected chi connectivity index (χ3v) is 4.45. The number of hydrogen-bond donors (Lipinski definition) is 1. The van der Waals surface area contributed by atoms with Crippen molar-refractivity contribution in [1.29, 1.82) is 0 Å². The molecule has 0 aliphatic carbocycles. The van der Waals surface area contributed by atoms with Crippen LogP contribution in [0.4, 0.5) is 5.69 Å². The highest BCUT2D eigenvalue weighted by molar-refractivity contribution is 6.54. The van der Waals surface area contributed by atoms with Gasteiger partial charge in [0.1, 0.15) is 5.71 Å². The molecular formula is C21H26N4. The molecule has 0 amide bonds. The van der Waals surface area contributed by atoms with Crippen LogP contribution in [0.25, 0.3) is 0 Å². The molecule has 1 aliphatic rings. The van der Waals surface area contributed by atoms with Crippen molar-refractivity contribution < 1.29 is 0 Å². The Kier molecular flexibility index (Phi) is 4.88. The first-order chi connectivity index (χ1) is 12.0. The van der Waals surface area contributed by atoms with Gasteiger partial charge in [-0.3, -0.25) is 4.99 Å². The molecule has 0 unspecified atom stereocenters. The molecule has 1 heterocycles. The Balaban J connectivity index is 2.33. The molecule has 0 bridgehead atoms. The van der Waals surface area contributed by atoms with Crippen molar-refractivity contribution in [1.82, 2.24) is 0 Å². The quantitative estimate of drug-likeness (QED) is 0.667. The Morgan fingerprint density at radius 1 is 0.880 bits per heavy atom. The van der Waals surface area contributed by atoms with Gasteiger partial charge in [0, 0.05) is 35.4 Å². The fourth-order valence-electron chi connectivity index (χ4n) is 3.32. The first-order valence-corrected chi connectivity index (χ1v) is 8.83. The number of rotatable bonds is 2. The molecule has 0 saturated heterocycles. The van der Waals surface area contributed by atoms with Crippen LogP contribution in [0.2, 0.25) is 0 Å². The second-order valence-corrected chi connectivity index (χ2v) is 6.95. The van der Waals surface area contributed by atoms with E-state index in [2.05, 4.69) is 80.2 Å². The zero-order valence-corrected chi connectivity index (χ0v) is 15.4. The number of fused-ring (bicyclic) bond motifs is 2. The van der Waals surface area contributed by atoms with E-state index >= 15 is 0 Å². The van der Waals surface area contributed by atoms with Crippen LogP contribution in [0.5, 0.6) is 0 Å². The van der Waals surface area contributed by atoms with Crippen LogP contribution in [0.1, 0.15) is 44.4 Å². The van der Waals surface area contributed by atoms with Gasteiger partial charge >= 0.3 is 0 Å². The molecule has 0 aromatic heterocycles. The van der Waals surface area contributed by atoms with E-state index in [-0.39, 0.29) is 6.04 Å². The lowest BCUT2D eigenvalue weighted by atomic mass is 9.91. The minimum atomic E-state index is 0.160. The summed E-state index contributed by atoms with van der Waals surface area (Å²) >= 11 is 0. The topological polar surface area (TPSA) is 54.0 Å². The maximum atomic E-state index is 5.87. The van der Waals surface area contributed by atoms with Gasteiger partial charge in [0.15, 0.2) is 0 Å². The molecule has 1 aliphatic heterocycles. The highest BCUT2D eigenvalue weighted by Gasteiger charge is 2.27. The standard InChI is InChI=1S/C21H26N4/c1-14(2)23-20-17-10-6-5-9-16(17)13-25(15(3)4)19-12-8-7-11-18(19)21(20)24-22/h5-12,14-15H,13,22H2,1-4H3. The zero-order chi connectivity index (χ0) is 18.0. The third kappa shape index (κ3) is 3.29. The maximum Gasteiger partial charge on any atom is 0.118 e. The first-order valence-electron chi connectivity index (χ1n) is 8.83. The van der Waals surface area contributed by atoms with E-state index in [0.717, 1.165) is 34.8 Å². The van der Waals surface area contributed by atoms with Crippen molar-refractivity contribution >= 4 is 17.1 Å². The largest absolute Gasteiger partial charge is 0.364 e. The lowest BCUT2D eigenvalue weighted by molar-refractivity contribution is 0.681. The van der Waals surface area contributed by atoms with Gasteiger partial charge in [0.2, 0.25) is 0 Å². The summed E-state index contributed by atoms with van der Waals surface area (Å²) < 4.78 is 0. The fourth-order valence-corrected chi connectivity index (χ4v) is 3.32. The Morgan fingerprint density at radius 2 is 1.52 bits per heavy atom. The van der Waals surface area contributed by atoms with Gasteiger partial charge in [-0.25, -0.2) is 0 Å². The van der Waals surface area contributed by atoms with Crippen LogP contribution in [0, 0.1) is 0 Å². The normalized spacial score (nSPS) is 17.6. The maximum absolute atomic E-state index is 5.87. The van der Waals surface area contributed by atoms with Crippen LogP contribution >= 0.6 is 0 Å². The first kappa shape index (κ1) is 17.2. The summed E-state index contributed by atoms with van der Waals surface area (Å²) in [6.45, 7) is 9.41. The Labute approximate surface area is 150 Å². The predicted octanol–water partition coefficient (Wildman–Crippen LogP) is 3.98. The summed E-state index contributed by atoms with van der Waals surface area (Å²) in [6.07, 6.45) is 0. The van der Waals surface area contributed by atoms with Crippen molar-refractivity contribution in [2.75, 3.05) is 4.90 Å². The average Bonchev–Trinajstić information content (AvgIpc) is 2.58. The molecule has 25 heavy (non-hydrogen) atoms. The number of anilines is 1. The van der Waals surface area contributed by atoms with Gasteiger partial charge in [-0.1, -0.05) is 42.5 Å². The predicted molar refractivity (Wildman–Crippen MR) is 107 cm³/mol. The minimum Gasteiger partial charge on any atom is -0.364 e. The lowest BCUT2D eigenvalue weighted by Gasteiger charge is -2.34. The number of hydrazone groups is 1. The average molecular weight is 334 g/mol. The van der Waals surface area contributed by atoms with Crippen molar-refractivity contribution in [3.8, 4) is 0 Å². The van der Waals surface area contributed by atoms with Crippen LogP contribution in [-0.4, -0.2) is 23.5 Å². The number of hydrogen-bond acceptors (Lipinski definition) is 4. The van der Waals surface area contributed by atoms with Gasteiger partial charge in [-0.2, -0.15) is 5.10 Å². The monoisotopic (exact) mass is 334 g/mol. The molecule has 0 atom stereocenters. The van der Waals surface area contributed by atoms with Crippen LogP contribution < -0.4 is 10.7 Å². The summed E-state index contributed by atoms with van der Waals surface area (Å²) in [5.41, 5.74) is 6.16. The number of para-hydroxylation sites is 1. The molecule has 0 spiro atoms. The molecule has 0 saturated carbocycles. The van der Waals surface area contributed by atoms with Crippen LogP contribution in [-0.2, 0) is 6.54 Å². The number of benzene rings is 2. The van der Waals surface area contributed by atoms with E-state index in [1.165, 1.54) is 5.56 Å².